The Kier molecular flexibility index (Phi) is 6.18. The molecular weight excluding hydrogens is 382 g/mol. The summed E-state index contributed by atoms with van der Waals surface area (Å²) in [5, 5.41) is 24.9. The van der Waals surface area contributed by atoms with Gasteiger partial charge in [0, 0.05) is 36.7 Å². The fourth-order valence-electron chi connectivity index (χ4n) is 4.00. The minimum absolute atomic E-state index is 0.0401. The monoisotopic (exact) mass is 409 g/mol. The van der Waals surface area contributed by atoms with Crippen molar-refractivity contribution < 1.29 is 9.90 Å². The van der Waals surface area contributed by atoms with Crippen LogP contribution in [0.3, 0.4) is 0 Å². The molecule has 0 radical (unpaired) electrons. The van der Waals surface area contributed by atoms with E-state index in [1.54, 1.807) is 4.80 Å². The summed E-state index contributed by atoms with van der Waals surface area (Å²) in [5.41, 5.74) is 3.16. The molecule has 1 amide bonds. The third-order valence-electron chi connectivity index (χ3n) is 5.45. The Morgan fingerprint density at radius 2 is 2.10 bits per heavy atom. The molecule has 30 heavy (non-hydrogen) atoms. The third-order valence-corrected chi connectivity index (χ3v) is 5.45. The average molecular weight is 409 g/mol. The van der Waals surface area contributed by atoms with Gasteiger partial charge < -0.3 is 15.0 Å². The number of amides is 1. The minimum Gasteiger partial charge on any atom is -0.395 e. The molecule has 0 saturated heterocycles. The number of rotatable bonds is 8. The fourth-order valence-corrected chi connectivity index (χ4v) is 4.00. The quantitative estimate of drug-likeness (QED) is 0.580. The van der Waals surface area contributed by atoms with Gasteiger partial charge in [-0.2, -0.15) is 4.80 Å². The first kappa shape index (κ1) is 20.2. The van der Waals surface area contributed by atoms with Crippen LogP contribution in [-0.2, 0) is 30.7 Å². The fraction of sp³-hybridized carbons (Fsp3) is 0.476. The molecule has 0 bridgehead atoms. The van der Waals surface area contributed by atoms with Crippen LogP contribution in [0.15, 0.2) is 30.3 Å². The Morgan fingerprint density at radius 1 is 1.27 bits per heavy atom. The lowest BCUT2D eigenvalue weighted by Crippen LogP contribution is -2.39. The molecule has 1 aliphatic carbocycles. The molecule has 2 heterocycles. The largest absolute Gasteiger partial charge is 0.395 e. The molecule has 4 rings (SSSR count). The Hall–Kier alpha value is -3.07. The second kappa shape index (κ2) is 9.17. The van der Waals surface area contributed by atoms with Crippen molar-refractivity contribution in [3.8, 4) is 11.4 Å². The highest BCUT2D eigenvalue weighted by Gasteiger charge is 2.25. The molecule has 1 aliphatic rings. The van der Waals surface area contributed by atoms with Gasteiger partial charge in [0.15, 0.2) is 0 Å². The molecule has 0 saturated carbocycles. The molecule has 0 fully saturated rings. The maximum atomic E-state index is 12.4. The van der Waals surface area contributed by atoms with Gasteiger partial charge in [0.2, 0.25) is 11.7 Å². The molecule has 1 unspecified atom stereocenters. The number of aliphatic hydroxyl groups is 1. The second-order valence-corrected chi connectivity index (χ2v) is 7.61. The lowest BCUT2D eigenvalue weighted by atomic mass is 9.95. The molecule has 2 aromatic heterocycles. The molecule has 0 spiro atoms. The number of fused-ring (bicyclic) bond motifs is 1. The number of aliphatic hydroxyl groups excluding tert-OH is 1. The number of imidazole rings is 1. The van der Waals surface area contributed by atoms with Crippen LogP contribution in [-0.4, -0.2) is 53.4 Å². The zero-order valence-electron chi connectivity index (χ0n) is 17.2. The van der Waals surface area contributed by atoms with Crippen LogP contribution >= 0.6 is 0 Å². The number of carbonyl (C=O) groups excluding carboxylic acids is 1. The van der Waals surface area contributed by atoms with Crippen LogP contribution in [0.5, 0.6) is 0 Å². The average Bonchev–Trinajstić information content (AvgIpc) is 3.33. The third kappa shape index (κ3) is 4.56. The summed E-state index contributed by atoms with van der Waals surface area (Å²) in [7, 11) is 0. The van der Waals surface area contributed by atoms with Gasteiger partial charge in [0.25, 0.3) is 0 Å². The Morgan fingerprint density at radius 3 is 2.90 bits per heavy atom. The van der Waals surface area contributed by atoms with Gasteiger partial charge in [-0.25, -0.2) is 4.98 Å². The summed E-state index contributed by atoms with van der Waals surface area (Å²) in [6.07, 6.45) is 3.57. The number of aromatic nitrogens is 6. The van der Waals surface area contributed by atoms with E-state index >= 15 is 0 Å². The van der Waals surface area contributed by atoms with E-state index in [4.69, 9.17) is 0 Å². The SMILES string of the molecule is Cc1nc2c(n1CCO)CCC(NC(=O)CCCn1nnc(-c3ccccc3)n1)C2. The molecule has 0 aliphatic heterocycles. The van der Waals surface area contributed by atoms with E-state index in [1.807, 2.05) is 37.3 Å². The highest BCUT2D eigenvalue weighted by atomic mass is 16.3. The van der Waals surface area contributed by atoms with E-state index < -0.39 is 0 Å². The van der Waals surface area contributed by atoms with Crippen LogP contribution < -0.4 is 5.32 Å². The van der Waals surface area contributed by atoms with Gasteiger partial charge in [-0.05, 0) is 31.4 Å². The number of nitrogens with zero attached hydrogens (tertiary/aromatic N) is 6. The number of hydrogen-bond donors (Lipinski definition) is 2. The van der Waals surface area contributed by atoms with Crippen LogP contribution in [0.25, 0.3) is 11.4 Å². The van der Waals surface area contributed by atoms with Crippen molar-refractivity contribution in [1.29, 1.82) is 0 Å². The highest BCUT2D eigenvalue weighted by molar-refractivity contribution is 5.76. The highest BCUT2D eigenvalue weighted by Crippen LogP contribution is 2.22. The maximum Gasteiger partial charge on any atom is 0.220 e. The molecule has 2 N–H and O–H groups in total. The van der Waals surface area contributed by atoms with Gasteiger partial charge in [0.1, 0.15) is 5.82 Å². The maximum absolute atomic E-state index is 12.4. The van der Waals surface area contributed by atoms with Crippen molar-refractivity contribution in [1.82, 2.24) is 35.1 Å². The summed E-state index contributed by atoms with van der Waals surface area (Å²) < 4.78 is 2.09. The predicted molar refractivity (Wildman–Crippen MR) is 110 cm³/mol. The number of aryl methyl sites for hydroxylation is 2. The van der Waals surface area contributed by atoms with Crippen molar-refractivity contribution in [3.63, 3.8) is 0 Å². The normalized spacial score (nSPS) is 15.7. The van der Waals surface area contributed by atoms with E-state index in [0.29, 0.717) is 31.8 Å². The molecule has 3 aromatic rings. The zero-order chi connectivity index (χ0) is 20.9. The summed E-state index contributed by atoms with van der Waals surface area (Å²) in [4.78, 5) is 18.6. The van der Waals surface area contributed by atoms with Gasteiger partial charge in [-0.1, -0.05) is 30.3 Å². The lowest BCUT2D eigenvalue weighted by Gasteiger charge is -2.23. The molecule has 9 heteroatoms. The van der Waals surface area contributed by atoms with E-state index in [1.165, 1.54) is 5.69 Å². The molecular formula is C21H27N7O2. The standard InChI is InChI=1S/C21H27N7O2/c1-15-22-18-14-17(9-10-19(18)27(15)12-13-29)23-20(30)8-5-11-28-25-21(24-26-28)16-6-3-2-4-7-16/h2-4,6-7,17,29H,5,8-14H2,1H3,(H,23,30). The van der Waals surface area contributed by atoms with Crippen LogP contribution in [0.1, 0.15) is 36.5 Å². The van der Waals surface area contributed by atoms with E-state index in [2.05, 4.69) is 30.3 Å². The molecule has 1 aromatic carbocycles. The van der Waals surface area contributed by atoms with Crippen molar-refractivity contribution in [3.05, 3.63) is 47.5 Å². The smallest absolute Gasteiger partial charge is 0.220 e. The topological polar surface area (TPSA) is 111 Å². The molecule has 158 valence electrons. The lowest BCUT2D eigenvalue weighted by molar-refractivity contribution is -0.122. The molecule has 9 nitrogen and oxygen atoms in total. The van der Waals surface area contributed by atoms with E-state index in [-0.39, 0.29) is 18.6 Å². The van der Waals surface area contributed by atoms with Crippen molar-refractivity contribution >= 4 is 5.91 Å². The van der Waals surface area contributed by atoms with E-state index in [0.717, 1.165) is 36.3 Å². The number of carbonyl (C=O) groups is 1. The number of tetrazole rings is 1. The Bertz CT molecular complexity index is 996. The van der Waals surface area contributed by atoms with Crippen molar-refractivity contribution in [2.75, 3.05) is 6.61 Å². The Balaban J connectivity index is 1.24. The first-order valence-electron chi connectivity index (χ1n) is 10.4. The van der Waals surface area contributed by atoms with Crippen molar-refractivity contribution in [2.45, 2.75) is 58.2 Å². The van der Waals surface area contributed by atoms with Gasteiger partial charge >= 0.3 is 0 Å². The van der Waals surface area contributed by atoms with Gasteiger partial charge in [0.05, 0.1) is 18.8 Å². The number of benzene rings is 1. The second-order valence-electron chi connectivity index (χ2n) is 7.61. The predicted octanol–water partition coefficient (Wildman–Crippen LogP) is 1.29. The summed E-state index contributed by atoms with van der Waals surface area (Å²) in [6, 6.07) is 9.81. The first-order valence-corrected chi connectivity index (χ1v) is 10.4. The van der Waals surface area contributed by atoms with Crippen LogP contribution in [0, 0.1) is 6.92 Å². The van der Waals surface area contributed by atoms with Crippen molar-refractivity contribution in [2.24, 2.45) is 0 Å². The zero-order valence-corrected chi connectivity index (χ0v) is 17.2. The van der Waals surface area contributed by atoms with Gasteiger partial charge in [-0.15, -0.1) is 10.2 Å². The van der Waals surface area contributed by atoms with Crippen LogP contribution in [0.2, 0.25) is 0 Å². The number of hydrogen-bond acceptors (Lipinski definition) is 6. The minimum atomic E-state index is 0.0401. The summed E-state index contributed by atoms with van der Waals surface area (Å²) in [6.45, 7) is 3.19. The first-order chi connectivity index (χ1) is 14.6. The van der Waals surface area contributed by atoms with Crippen LogP contribution in [0.4, 0.5) is 0 Å². The molecule has 1 atom stereocenters. The number of nitrogens with one attached hydrogen (secondary N) is 1. The summed E-state index contributed by atoms with van der Waals surface area (Å²) >= 11 is 0. The van der Waals surface area contributed by atoms with E-state index in [9.17, 15) is 9.90 Å². The van der Waals surface area contributed by atoms with Gasteiger partial charge in [-0.3, -0.25) is 4.79 Å². The Labute approximate surface area is 175 Å². The summed E-state index contributed by atoms with van der Waals surface area (Å²) in [5.74, 6) is 1.56.